The summed E-state index contributed by atoms with van der Waals surface area (Å²) in [5.74, 6) is -1.94. The molecule has 8 nitrogen and oxygen atoms in total. The van der Waals surface area contributed by atoms with E-state index in [2.05, 4.69) is 10.3 Å². The first-order valence-electron chi connectivity index (χ1n) is 12.3. The molecule has 0 spiro atoms. The molecular formula is C27H34FN3O5. The fraction of sp³-hybridized carbons (Fsp3) is 0.556. The van der Waals surface area contributed by atoms with Crippen LogP contribution in [0.5, 0.6) is 0 Å². The number of rotatable bonds is 2. The van der Waals surface area contributed by atoms with Crippen LogP contribution in [0.2, 0.25) is 0 Å². The number of piperidine rings is 2. The van der Waals surface area contributed by atoms with Crippen LogP contribution < -0.4 is 5.32 Å². The average Bonchev–Trinajstić information content (AvgIpc) is 2.75. The number of amides is 3. The van der Waals surface area contributed by atoms with Gasteiger partial charge in [-0.15, -0.1) is 0 Å². The Morgan fingerprint density at radius 2 is 1.97 bits per heavy atom. The number of nitrogens with one attached hydrogen (secondary N) is 1. The van der Waals surface area contributed by atoms with Crippen LogP contribution in [-0.4, -0.2) is 51.6 Å². The molecule has 0 bridgehead atoms. The van der Waals surface area contributed by atoms with Gasteiger partial charge in [-0.25, -0.2) is 9.18 Å². The second-order valence-corrected chi connectivity index (χ2v) is 11.6. The maximum atomic E-state index is 16.1. The molecule has 2 fully saturated rings. The zero-order chi connectivity index (χ0) is 26.6. The molecule has 1 aromatic carbocycles. The molecule has 2 aliphatic rings. The number of aliphatic hydroxyl groups is 1. The van der Waals surface area contributed by atoms with Crippen molar-refractivity contribution in [1.29, 1.82) is 0 Å². The van der Waals surface area contributed by atoms with Crippen molar-refractivity contribution in [2.75, 3.05) is 13.1 Å². The first-order chi connectivity index (χ1) is 16.6. The zero-order valence-corrected chi connectivity index (χ0v) is 21.7. The second-order valence-electron chi connectivity index (χ2n) is 11.6. The fourth-order valence-corrected chi connectivity index (χ4v) is 5.29. The van der Waals surface area contributed by atoms with E-state index in [0.717, 1.165) is 0 Å². The third-order valence-electron chi connectivity index (χ3n) is 7.32. The molecular weight excluding hydrogens is 465 g/mol. The predicted molar refractivity (Wildman–Crippen MR) is 132 cm³/mol. The van der Waals surface area contributed by atoms with E-state index >= 15 is 4.39 Å². The van der Waals surface area contributed by atoms with Crippen LogP contribution >= 0.6 is 0 Å². The Kier molecular flexibility index (Phi) is 6.35. The van der Waals surface area contributed by atoms with Gasteiger partial charge < -0.3 is 14.7 Å². The highest BCUT2D eigenvalue weighted by Gasteiger charge is 2.51. The lowest BCUT2D eigenvalue weighted by atomic mass is 9.66. The predicted octanol–water partition coefficient (Wildman–Crippen LogP) is 4.06. The summed E-state index contributed by atoms with van der Waals surface area (Å²) in [4.78, 5) is 42.8. The number of carbonyl (C=O) groups is 3. The first-order valence-corrected chi connectivity index (χ1v) is 12.3. The molecule has 0 aliphatic carbocycles. The number of hydrogen-bond donors (Lipinski definition) is 2. The maximum absolute atomic E-state index is 16.1. The van der Waals surface area contributed by atoms with Crippen LogP contribution in [0.3, 0.4) is 0 Å². The van der Waals surface area contributed by atoms with Crippen molar-refractivity contribution in [1.82, 2.24) is 15.2 Å². The van der Waals surface area contributed by atoms with Gasteiger partial charge in [-0.2, -0.15) is 0 Å². The summed E-state index contributed by atoms with van der Waals surface area (Å²) in [6.07, 6.45) is 0.196. The van der Waals surface area contributed by atoms with Crippen LogP contribution in [0.15, 0.2) is 18.2 Å². The van der Waals surface area contributed by atoms with Crippen molar-refractivity contribution >= 4 is 28.8 Å². The number of aromatic nitrogens is 1. The van der Waals surface area contributed by atoms with Gasteiger partial charge in [0.2, 0.25) is 11.8 Å². The summed E-state index contributed by atoms with van der Waals surface area (Å²) in [5, 5.41) is 14.4. The number of benzene rings is 1. The van der Waals surface area contributed by atoms with Crippen LogP contribution in [0.1, 0.15) is 76.6 Å². The minimum Gasteiger partial charge on any atom is -0.444 e. The number of fused-ring (bicyclic) bond motifs is 1. The van der Waals surface area contributed by atoms with E-state index in [1.807, 2.05) is 0 Å². The SMILES string of the molecule is Cc1nc2ccc(C3(O)CCN(C(=O)OC(C)(C)C)CC3(C)C)c(F)c2cc1C1CCC(=O)NC1=O. The molecule has 2 aromatic rings. The monoisotopic (exact) mass is 499 g/mol. The van der Waals surface area contributed by atoms with E-state index in [9.17, 15) is 19.5 Å². The standard InChI is InChI=1S/C27H34FN3O5/c1-15-17(16-7-10-21(32)30-23(16)33)13-18-20(29-15)9-8-19(22(18)28)27(35)11-12-31(14-26(27,5)6)24(34)36-25(2,3)4/h8-9,13,16,35H,7,10-12,14H2,1-6H3,(H,30,32,33). The van der Waals surface area contributed by atoms with E-state index in [1.165, 1.54) is 0 Å². The van der Waals surface area contributed by atoms with Crippen LogP contribution in [0.4, 0.5) is 9.18 Å². The highest BCUT2D eigenvalue weighted by Crippen LogP contribution is 2.48. The van der Waals surface area contributed by atoms with E-state index < -0.39 is 40.4 Å². The van der Waals surface area contributed by atoms with Gasteiger partial charge in [-0.05, 0) is 58.2 Å². The van der Waals surface area contributed by atoms with Gasteiger partial charge >= 0.3 is 6.09 Å². The highest BCUT2D eigenvalue weighted by molar-refractivity contribution is 6.01. The van der Waals surface area contributed by atoms with Crippen molar-refractivity contribution in [2.45, 2.75) is 77.9 Å². The van der Waals surface area contributed by atoms with Crippen molar-refractivity contribution in [3.05, 3.63) is 40.8 Å². The van der Waals surface area contributed by atoms with E-state index in [0.29, 0.717) is 23.2 Å². The average molecular weight is 500 g/mol. The largest absolute Gasteiger partial charge is 0.444 e. The van der Waals surface area contributed by atoms with Gasteiger partial charge in [0, 0.05) is 41.6 Å². The van der Waals surface area contributed by atoms with Gasteiger partial charge in [0.05, 0.1) is 11.4 Å². The lowest BCUT2D eigenvalue weighted by Crippen LogP contribution is -2.57. The normalized spacial score (nSPS) is 24.6. The number of ether oxygens (including phenoxy) is 1. The fourth-order valence-electron chi connectivity index (χ4n) is 5.29. The minimum atomic E-state index is -1.55. The molecule has 3 heterocycles. The topological polar surface area (TPSA) is 109 Å². The molecule has 194 valence electrons. The summed E-state index contributed by atoms with van der Waals surface area (Å²) < 4.78 is 21.6. The maximum Gasteiger partial charge on any atom is 0.410 e. The summed E-state index contributed by atoms with van der Waals surface area (Å²) in [6, 6.07) is 4.84. The molecule has 36 heavy (non-hydrogen) atoms. The number of imide groups is 1. The van der Waals surface area contributed by atoms with Gasteiger partial charge in [-0.1, -0.05) is 19.9 Å². The third-order valence-corrected chi connectivity index (χ3v) is 7.32. The number of pyridine rings is 1. The Labute approximate surface area is 210 Å². The van der Waals surface area contributed by atoms with Gasteiger partial charge in [0.1, 0.15) is 17.0 Å². The Morgan fingerprint density at radius 1 is 1.28 bits per heavy atom. The van der Waals surface area contributed by atoms with Gasteiger partial charge in [-0.3, -0.25) is 19.9 Å². The number of carbonyl (C=O) groups excluding carboxylic acids is 3. The van der Waals surface area contributed by atoms with E-state index in [4.69, 9.17) is 4.74 Å². The number of aryl methyl sites for hydroxylation is 1. The Morgan fingerprint density at radius 3 is 2.58 bits per heavy atom. The lowest BCUT2D eigenvalue weighted by molar-refractivity contribution is -0.134. The minimum absolute atomic E-state index is 0.126. The number of hydrogen-bond acceptors (Lipinski definition) is 6. The molecule has 2 N–H and O–H groups in total. The van der Waals surface area contributed by atoms with Gasteiger partial charge in [0.15, 0.2) is 0 Å². The second kappa shape index (κ2) is 8.80. The Hall–Kier alpha value is -3.07. The third kappa shape index (κ3) is 4.56. The van der Waals surface area contributed by atoms with Gasteiger partial charge in [0.25, 0.3) is 0 Å². The molecule has 4 rings (SSSR count). The molecule has 0 radical (unpaired) electrons. The molecule has 3 amide bonds. The quantitative estimate of drug-likeness (QED) is 0.604. The summed E-state index contributed by atoms with van der Waals surface area (Å²) in [7, 11) is 0. The molecule has 2 atom stereocenters. The lowest BCUT2D eigenvalue weighted by Gasteiger charge is -2.50. The van der Waals surface area contributed by atoms with Crippen molar-refractivity contribution in [3.8, 4) is 0 Å². The molecule has 1 aromatic heterocycles. The number of nitrogens with zero attached hydrogens (tertiary/aromatic N) is 2. The summed E-state index contributed by atoms with van der Waals surface area (Å²) >= 11 is 0. The smallest absolute Gasteiger partial charge is 0.410 e. The Bertz CT molecular complexity index is 1250. The molecule has 0 saturated carbocycles. The Balaban J connectivity index is 1.71. The van der Waals surface area contributed by atoms with E-state index in [1.54, 1.807) is 64.6 Å². The molecule has 2 saturated heterocycles. The summed E-state index contributed by atoms with van der Waals surface area (Å²) in [5.41, 5.74) is -1.39. The van der Waals surface area contributed by atoms with Crippen LogP contribution in [-0.2, 0) is 19.9 Å². The first kappa shape index (κ1) is 26.0. The number of halogens is 1. The molecule has 2 unspecified atom stereocenters. The van der Waals surface area contributed by atoms with Crippen LogP contribution in [0.25, 0.3) is 10.9 Å². The van der Waals surface area contributed by atoms with E-state index in [-0.39, 0.29) is 42.8 Å². The van der Waals surface area contributed by atoms with Crippen molar-refractivity contribution < 1.29 is 28.6 Å². The van der Waals surface area contributed by atoms with Crippen molar-refractivity contribution in [3.63, 3.8) is 0 Å². The summed E-state index contributed by atoms with van der Waals surface area (Å²) in [6.45, 7) is 11.1. The van der Waals surface area contributed by atoms with Crippen molar-refractivity contribution in [2.24, 2.45) is 5.41 Å². The van der Waals surface area contributed by atoms with Crippen LogP contribution in [0, 0.1) is 18.2 Å². The molecule has 2 aliphatic heterocycles. The number of likely N-dealkylation sites (tertiary alicyclic amines) is 1. The molecule has 9 heteroatoms. The zero-order valence-electron chi connectivity index (χ0n) is 21.7. The highest BCUT2D eigenvalue weighted by atomic mass is 19.1.